The first-order valence-electron chi connectivity index (χ1n) is 7.43. The van der Waals surface area contributed by atoms with E-state index in [1.165, 1.54) is 7.11 Å². The van der Waals surface area contributed by atoms with Crippen molar-refractivity contribution in [1.29, 1.82) is 0 Å². The Hall–Kier alpha value is -2.15. The van der Waals surface area contributed by atoms with Crippen LogP contribution in [0.5, 0.6) is 0 Å². The topological polar surface area (TPSA) is 89.5 Å². The van der Waals surface area contributed by atoms with E-state index in [1.54, 1.807) is 24.3 Å². The molecule has 0 heterocycles. The Labute approximate surface area is 142 Å². The monoisotopic (exact) mass is 353 g/mol. The van der Waals surface area contributed by atoms with Crippen LogP contribution in [0.4, 0.5) is 0 Å². The maximum absolute atomic E-state index is 12.2. The first-order chi connectivity index (χ1) is 11.1. The molecule has 0 aliphatic rings. The molecule has 6 nitrogen and oxygen atoms in total. The second kappa shape index (κ2) is 8.10. The highest BCUT2D eigenvalue weighted by Gasteiger charge is 2.17. The number of hydrogen-bond donors (Lipinski definition) is 1. The lowest BCUT2D eigenvalue weighted by Gasteiger charge is -2.19. The van der Waals surface area contributed by atoms with Gasteiger partial charge in [-0.2, -0.15) is 0 Å². The van der Waals surface area contributed by atoms with Crippen molar-refractivity contribution in [3.8, 4) is 0 Å². The lowest BCUT2D eigenvalue weighted by Crippen LogP contribution is -2.27. The van der Waals surface area contributed by atoms with Gasteiger partial charge in [-0.05, 0) is 23.1 Å². The fourth-order valence-corrected chi connectivity index (χ4v) is 3.02. The first-order valence-corrected chi connectivity index (χ1v) is 9.08. The number of benzene rings is 1. The second-order valence-corrected chi connectivity index (χ2v) is 8.35. The van der Waals surface area contributed by atoms with Gasteiger partial charge in [-0.15, -0.1) is 0 Å². The van der Waals surface area contributed by atoms with E-state index in [0.717, 1.165) is 17.7 Å². The van der Waals surface area contributed by atoms with Crippen molar-refractivity contribution in [2.24, 2.45) is 0 Å². The van der Waals surface area contributed by atoms with Crippen molar-refractivity contribution in [3.63, 3.8) is 0 Å². The summed E-state index contributed by atoms with van der Waals surface area (Å²) in [6.07, 6.45) is 1.96. The Balaban J connectivity index is 2.63. The number of carbonyl (C=O) groups excluding carboxylic acids is 2. The summed E-state index contributed by atoms with van der Waals surface area (Å²) in [5, 5.41) is 2.41. The number of carbonyl (C=O) groups is 2. The molecule has 0 bridgehead atoms. The van der Waals surface area contributed by atoms with E-state index < -0.39 is 21.7 Å². The number of methoxy groups -OCH3 is 1. The molecular weight excluding hydrogens is 330 g/mol. The molecule has 1 N–H and O–H groups in total. The first kappa shape index (κ1) is 19.9. The third-order valence-electron chi connectivity index (χ3n) is 3.32. The molecule has 1 aromatic rings. The molecule has 0 atom stereocenters. The summed E-state index contributed by atoms with van der Waals surface area (Å²) in [6, 6.07) is 6.75. The second-order valence-electron chi connectivity index (χ2n) is 6.24. The van der Waals surface area contributed by atoms with Crippen LogP contribution in [-0.4, -0.2) is 39.7 Å². The molecule has 1 amide bonds. The van der Waals surface area contributed by atoms with E-state index in [4.69, 9.17) is 0 Å². The summed E-state index contributed by atoms with van der Waals surface area (Å²) >= 11 is 0. The van der Waals surface area contributed by atoms with Crippen molar-refractivity contribution >= 4 is 21.7 Å². The standard InChI is InChI=1S/C17H23NO5S/c1-17(2,3)13-5-7-14(8-6-13)24(21,22)12-11-18-15(19)9-10-16(20)23-4/h5-10H,11-12H2,1-4H3,(H,18,19)/b10-9+. The number of amides is 1. The Morgan fingerprint density at radius 3 is 2.21 bits per heavy atom. The third-order valence-corrected chi connectivity index (χ3v) is 5.05. The fourth-order valence-electron chi connectivity index (χ4n) is 1.86. The quantitative estimate of drug-likeness (QED) is 0.620. The van der Waals surface area contributed by atoms with E-state index in [1.807, 2.05) is 20.8 Å². The summed E-state index contributed by atoms with van der Waals surface area (Å²) in [4.78, 5) is 22.5. The SMILES string of the molecule is COC(=O)/C=C/C(=O)NCCS(=O)(=O)c1ccc(C(C)(C)C)cc1. The maximum Gasteiger partial charge on any atom is 0.330 e. The number of rotatable bonds is 6. The molecule has 0 radical (unpaired) electrons. The zero-order valence-electron chi connectivity index (χ0n) is 14.3. The van der Waals surface area contributed by atoms with Crippen LogP contribution in [0.1, 0.15) is 26.3 Å². The van der Waals surface area contributed by atoms with E-state index in [-0.39, 0.29) is 22.6 Å². The summed E-state index contributed by atoms with van der Waals surface area (Å²) in [5.41, 5.74) is 0.991. The molecule has 0 fully saturated rings. The molecule has 7 heteroatoms. The summed E-state index contributed by atoms with van der Waals surface area (Å²) < 4.78 is 28.8. The van der Waals surface area contributed by atoms with E-state index in [9.17, 15) is 18.0 Å². The number of esters is 1. The van der Waals surface area contributed by atoms with E-state index >= 15 is 0 Å². The minimum atomic E-state index is -3.48. The minimum Gasteiger partial charge on any atom is -0.466 e. The van der Waals surface area contributed by atoms with Crippen LogP contribution in [0.3, 0.4) is 0 Å². The minimum absolute atomic E-state index is 0.0479. The van der Waals surface area contributed by atoms with Crippen LogP contribution in [0, 0.1) is 0 Å². The highest BCUT2D eigenvalue weighted by Crippen LogP contribution is 2.23. The van der Waals surface area contributed by atoms with Crippen molar-refractivity contribution in [3.05, 3.63) is 42.0 Å². The van der Waals surface area contributed by atoms with Gasteiger partial charge in [0, 0.05) is 18.7 Å². The molecular formula is C17H23NO5S. The average Bonchev–Trinajstić information content (AvgIpc) is 2.51. The number of ether oxygens (including phenoxy) is 1. The van der Waals surface area contributed by atoms with Gasteiger partial charge in [0.25, 0.3) is 0 Å². The van der Waals surface area contributed by atoms with Gasteiger partial charge in [0.2, 0.25) is 5.91 Å². The molecule has 24 heavy (non-hydrogen) atoms. The molecule has 1 rings (SSSR count). The van der Waals surface area contributed by atoms with Crippen molar-refractivity contribution in [1.82, 2.24) is 5.32 Å². The number of nitrogens with one attached hydrogen (secondary N) is 1. The smallest absolute Gasteiger partial charge is 0.330 e. The normalized spacial score (nSPS) is 12.2. The Bertz CT molecular complexity index is 712. The molecule has 0 spiro atoms. The highest BCUT2D eigenvalue weighted by molar-refractivity contribution is 7.91. The zero-order chi connectivity index (χ0) is 18.4. The molecule has 132 valence electrons. The van der Waals surface area contributed by atoms with Gasteiger partial charge < -0.3 is 10.1 Å². The lowest BCUT2D eigenvalue weighted by atomic mass is 9.87. The van der Waals surface area contributed by atoms with Gasteiger partial charge in [0.15, 0.2) is 9.84 Å². The van der Waals surface area contributed by atoms with Gasteiger partial charge in [0.05, 0.1) is 17.8 Å². The molecule has 0 saturated heterocycles. The van der Waals surface area contributed by atoms with Crippen molar-refractivity contribution in [2.75, 3.05) is 19.4 Å². The predicted molar refractivity (Wildman–Crippen MR) is 91.4 cm³/mol. The Morgan fingerprint density at radius 2 is 1.71 bits per heavy atom. The molecule has 1 aromatic carbocycles. The lowest BCUT2D eigenvalue weighted by molar-refractivity contribution is -0.135. The third kappa shape index (κ3) is 6.16. The van der Waals surface area contributed by atoms with Crippen LogP contribution >= 0.6 is 0 Å². The van der Waals surface area contributed by atoms with Crippen LogP contribution in [-0.2, 0) is 29.6 Å². The molecule has 0 unspecified atom stereocenters. The largest absolute Gasteiger partial charge is 0.466 e. The van der Waals surface area contributed by atoms with Crippen LogP contribution in [0.25, 0.3) is 0 Å². The van der Waals surface area contributed by atoms with Gasteiger partial charge >= 0.3 is 5.97 Å². The van der Waals surface area contributed by atoms with Crippen LogP contribution < -0.4 is 5.32 Å². The van der Waals surface area contributed by atoms with E-state index in [0.29, 0.717) is 0 Å². The number of hydrogen-bond acceptors (Lipinski definition) is 5. The van der Waals surface area contributed by atoms with Gasteiger partial charge in [-0.1, -0.05) is 32.9 Å². The zero-order valence-corrected chi connectivity index (χ0v) is 15.1. The summed E-state index contributed by atoms with van der Waals surface area (Å²) in [7, 11) is -2.29. The van der Waals surface area contributed by atoms with Gasteiger partial charge in [0.1, 0.15) is 0 Å². The Morgan fingerprint density at radius 1 is 1.12 bits per heavy atom. The molecule has 0 saturated carbocycles. The summed E-state index contributed by atoms with van der Waals surface area (Å²) in [5.74, 6) is -1.44. The highest BCUT2D eigenvalue weighted by atomic mass is 32.2. The van der Waals surface area contributed by atoms with Crippen LogP contribution in [0.2, 0.25) is 0 Å². The van der Waals surface area contributed by atoms with E-state index in [2.05, 4.69) is 10.1 Å². The average molecular weight is 353 g/mol. The van der Waals surface area contributed by atoms with Crippen molar-refractivity contribution < 1.29 is 22.7 Å². The number of sulfone groups is 1. The molecule has 0 aliphatic carbocycles. The molecule has 0 aliphatic heterocycles. The van der Waals surface area contributed by atoms with Crippen LogP contribution in [0.15, 0.2) is 41.3 Å². The summed E-state index contributed by atoms with van der Waals surface area (Å²) in [6.45, 7) is 6.10. The van der Waals surface area contributed by atoms with Gasteiger partial charge in [-0.25, -0.2) is 13.2 Å². The predicted octanol–water partition coefficient (Wildman–Crippen LogP) is 1.60. The maximum atomic E-state index is 12.2. The fraction of sp³-hybridized carbons (Fsp3) is 0.412. The van der Waals surface area contributed by atoms with Crippen molar-refractivity contribution in [2.45, 2.75) is 31.1 Å². The molecule has 0 aromatic heterocycles. The van der Waals surface area contributed by atoms with Gasteiger partial charge in [-0.3, -0.25) is 4.79 Å². The Kier molecular flexibility index (Phi) is 6.71.